The number of benzene rings is 2. The lowest BCUT2D eigenvalue weighted by atomic mass is 10.2. The molecule has 27 heavy (non-hydrogen) atoms. The number of rotatable bonds is 8. The van der Waals surface area contributed by atoms with Crippen LogP contribution in [-0.2, 0) is 11.3 Å². The topological polar surface area (TPSA) is 76.1 Å². The average Bonchev–Trinajstić information content (AvgIpc) is 3.14. The first-order valence-corrected chi connectivity index (χ1v) is 10.1. The van der Waals surface area contributed by atoms with Crippen molar-refractivity contribution in [2.24, 2.45) is 0 Å². The summed E-state index contributed by atoms with van der Waals surface area (Å²) in [5, 5.41) is 14.8. The quantitative estimate of drug-likeness (QED) is 0.555. The van der Waals surface area contributed by atoms with Gasteiger partial charge in [0.15, 0.2) is 4.34 Å². The normalized spacial score (nSPS) is 11.6. The highest BCUT2D eigenvalue weighted by Crippen LogP contribution is 2.32. The summed E-state index contributed by atoms with van der Waals surface area (Å²) in [5.74, 6) is 0.703. The first-order valence-electron chi connectivity index (χ1n) is 8.37. The molecule has 0 aliphatic rings. The smallest absolute Gasteiger partial charge is 0.233 e. The molecule has 1 unspecified atom stereocenters. The molecule has 0 saturated heterocycles. The molecule has 1 atom stereocenters. The van der Waals surface area contributed by atoms with Crippen molar-refractivity contribution < 1.29 is 9.53 Å². The zero-order valence-corrected chi connectivity index (χ0v) is 16.6. The van der Waals surface area contributed by atoms with Crippen molar-refractivity contribution >= 4 is 39.8 Å². The predicted octanol–water partition coefficient (Wildman–Crippen LogP) is 4.09. The van der Waals surface area contributed by atoms with E-state index in [9.17, 15) is 4.79 Å². The minimum Gasteiger partial charge on any atom is -0.495 e. The average molecular weight is 401 g/mol. The molecule has 3 rings (SSSR count). The molecule has 0 spiro atoms. The molecule has 3 aromatic rings. The van der Waals surface area contributed by atoms with Crippen LogP contribution in [0.3, 0.4) is 0 Å². The molecule has 1 heterocycles. The standard InChI is InChI=1S/C19H20N4O2S2/c1-13(17(24)20-12-14-8-4-3-5-9-14)26-19-23-22-18(27-19)21-15-10-6-7-11-16(15)25-2/h3-11,13H,12H2,1-2H3,(H,20,24)(H,21,22). The van der Waals surface area contributed by atoms with Crippen LogP contribution in [0.1, 0.15) is 12.5 Å². The van der Waals surface area contributed by atoms with Crippen molar-refractivity contribution in [1.82, 2.24) is 15.5 Å². The number of carbonyl (C=O) groups is 1. The maximum atomic E-state index is 12.3. The number of anilines is 2. The third-order valence-electron chi connectivity index (χ3n) is 3.71. The van der Waals surface area contributed by atoms with Crippen molar-refractivity contribution in [1.29, 1.82) is 0 Å². The Morgan fingerprint density at radius 1 is 1.15 bits per heavy atom. The van der Waals surface area contributed by atoms with Gasteiger partial charge in [0.1, 0.15) is 5.75 Å². The van der Waals surface area contributed by atoms with Gasteiger partial charge in [0.2, 0.25) is 11.0 Å². The second kappa shape index (κ2) is 9.38. The summed E-state index contributed by atoms with van der Waals surface area (Å²) in [6.45, 7) is 2.38. The third-order valence-corrected chi connectivity index (χ3v) is 5.73. The minimum absolute atomic E-state index is 0.0294. The van der Waals surface area contributed by atoms with Crippen LogP contribution in [-0.4, -0.2) is 28.5 Å². The largest absolute Gasteiger partial charge is 0.495 e. The van der Waals surface area contributed by atoms with Crippen LogP contribution >= 0.6 is 23.1 Å². The van der Waals surface area contributed by atoms with Crippen LogP contribution in [0.25, 0.3) is 0 Å². The van der Waals surface area contributed by atoms with E-state index in [0.29, 0.717) is 11.7 Å². The van der Waals surface area contributed by atoms with Gasteiger partial charge in [-0.15, -0.1) is 10.2 Å². The molecule has 0 aliphatic heterocycles. The summed E-state index contributed by atoms with van der Waals surface area (Å²) >= 11 is 2.79. The van der Waals surface area contributed by atoms with E-state index < -0.39 is 0 Å². The van der Waals surface area contributed by atoms with Crippen LogP contribution in [0.5, 0.6) is 5.75 Å². The van der Waals surface area contributed by atoms with Gasteiger partial charge in [-0.05, 0) is 24.6 Å². The Morgan fingerprint density at radius 3 is 2.67 bits per heavy atom. The van der Waals surface area contributed by atoms with Gasteiger partial charge in [0, 0.05) is 6.54 Å². The molecule has 2 N–H and O–H groups in total. The Hall–Kier alpha value is -2.58. The Balaban J connectivity index is 1.54. The number of thioether (sulfide) groups is 1. The van der Waals surface area contributed by atoms with Crippen molar-refractivity contribution in [2.45, 2.75) is 23.1 Å². The van der Waals surface area contributed by atoms with Gasteiger partial charge in [0.25, 0.3) is 0 Å². The molecule has 8 heteroatoms. The molecule has 1 aromatic heterocycles. The van der Waals surface area contributed by atoms with Gasteiger partial charge >= 0.3 is 0 Å². The van der Waals surface area contributed by atoms with E-state index in [2.05, 4.69) is 20.8 Å². The Labute approximate surface area is 166 Å². The van der Waals surface area contributed by atoms with Crippen molar-refractivity contribution in [3.8, 4) is 5.75 Å². The Kier molecular flexibility index (Phi) is 6.67. The molecule has 1 amide bonds. The maximum absolute atomic E-state index is 12.3. The molecule has 0 saturated carbocycles. The maximum Gasteiger partial charge on any atom is 0.233 e. The van der Waals surface area contributed by atoms with Gasteiger partial charge in [-0.1, -0.05) is 65.6 Å². The first-order chi connectivity index (χ1) is 13.2. The molecule has 0 fully saturated rings. The highest BCUT2D eigenvalue weighted by atomic mass is 32.2. The molecule has 0 bridgehead atoms. The van der Waals surface area contributed by atoms with E-state index in [-0.39, 0.29) is 11.2 Å². The number of carbonyl (C=O) groups excluding carboxylic acids is 1. The lowest BCUT2D eigenvalue weighted by Gasteiger charge is -2.10. The Bertz CT molecular complexity index is 886. The summed E-state index contributed by atoms with van der Waals surface area (Å²) in [4.78, 5) is 12.3. The first kappa shape index (κ1) is 19.2. The predicted molar refractivity (Wildman–Crippen MR) is 110 cm³/mol. The molecule has 0 aliphatic carbocycles. The summed E-state index contributed by atoms with van der Waals surface area (Å²) in [7, 11) is 1.62. The van der Waals surface area contributed by atoms with Crippen LogP contribution < -0.4 is 15.4 Å². The highest BCUT2D eigenvalue weighted by molar-refractivity contribution is 8.02. The van der Waals surface area contributed by atoms with Crippen molar-refractivity contribution in [3.05, 3.63) is 60.2 Å². The second-order valence-corrected chi connectivity index (χ2v) is 8.23. The van der Waals surface area contributed by atoms with E-state index in [1.165, 1.54) is 23.1 Å². The Morgan fingerprint density at radius 2 is 1.89 bits per heavy atom. The summed E-state index contributed by atoms with van der Waals surface area (Å²) in [6.07, 6.45) is 0. The lowest BCUT2D eigenvalue weighted by Crippen LogP contribution is -2.30. The van der Waals surface area contributed by atoms with Crippen LogP contribution in [0.15, 0.2) is 58.9 Å². The highest BCUT2D eigenvalue weighted by Gasteiger charge is 2.17. The molecular weight excluding hydrogens is 380 g/mol. The molecule has 0 radical (unpaired) electrons. The van der Waals surface area contributed by atoms with E-state index >= 15 is 0 Å². The summed E-state index contributed by atoms with van der Waals surface area (Å²) in [6, 6.07) is 17.4. The molecular formula is C19H20N4O2S2. The minimum atomic E-state index is -0.263. The number of hydrogen-bond acceptors (Lipinski definition) is 7. The fourth-order valence-electron chi connectivity index (χ4n) is 2.30. The zero-order chi connectivity index (χ0) is 19.1. The van der Waals surface area contributed by atoms with Gasteiger partial charge in [-0.3, -0.25) is 4.79 Å². The number of aromatic nitrogens is 2. The van der Waals surface area contributed by atoms with Gasteiger partial charge in [0.05, 0.1) is 18.0 Å². The number of nitrogens with one attached hydrogen (secondary N) is 2. The van der Waals surface area contributed by atoms with Crippen molar-refractivity contribution in [3.63, 3.8) is 0 Å². The second-order valence-electron chi connectivity index (χ2n) is 5.66. The molecule has 140 valence electrons. The number of nitrogens with zero attached hydrogens (tertiary/aromatic N) is 2. The van der Waals surface area contributed by atoms with Crippen molar-refractivity contribution in [2.75, 3.05) is 12.4 Å². The zero-order valence-electron chi connectivity index (χ0n) is 15.0. The number of ether oxygens (including phenoxy) is 1. The molecule has 2 aromatic carbocycles. The monoisotopic (exact) mass is 400 g/mol. The van der Waals surface area contributed by atoms with Gasteiger partial charge in [-0.25, -0.2) is 0 Å². The van der Waals surface area contributed by atoms with Crippen LogP contribution in [0.4, 0.5) is 10.8 Å². The number of para-hydroxylation sites is 2. The number of hydrogen-bond donors (Lipinski definition) is 2. The lowest BCUT2D eigenvalue weighted by molar-refractivity contribution is -0.120. The van der Waals surface area contributed by atoms with Crippen LogP contribution in [0.2, 0.25) is 0 Å². The van der Waals surface area contributed by atoms with E-state index in [1.54, 1.807) is 7.11 Å². The fraction of sp³-hybridized carbons (Fsp3) is 0.211. The van der Waals surface area contributed by atoms with Crippen LogP contribution in [0, 0.1) is 0 Å². The SMILES string of the molecule is COc1ccccc1Nc1nnc(SC(C)C(=O)NCc2ccccc2)s1. The van der Waals surface area contributed by atoms with E-state index in [4.69, 9.17) is 4.74 Å². The van der Waals surface area contributed by atoms with Gasteiger partial charge < -0.3 is 15.4 Å². The summed E-state index contributed by atoms with van der Waals surface area (Å²) < 4.78 is 6.05. The number of amides is 1. The summed E-state index contributed by atoms with van der Waals surface area (Å²) in [5.41, 5.74) is 1.89. The van der Waals surface area contributed by atoms with Gasteiger partial charge in [-0.2, -0.15) is 0 Å². The fourth-order valence-corrected chi connectivity index (χ4v) is 4.24. The van der Waals surface area contributed by atoms with E-state index in [1.807, 2.05) is 61.5 Å². The van der Waals surface area contributed by atoms with E-state index in [0.717, 1.165) is 21.3 Å². The number of methoxy groups -OCH3 is 1. The third kappa shape index (κ3) is 5.45. The molecule has 6 nitrogen and oxygen atoms in total.